The lowest BCUT2D eigenvalue weighted by atomic mass is 10.0. The van der Waals surface area contributed by atoms with Gasteiger partial charge in [-0.25, -0.2) is 0 Å². The maximum atomic E-state index is 5.43. The predicted octanol–water partition coefficient (Wildman–Crippen LogP) is 3.50. The Kier molecular flexibility index (Phi) is 4.67. The van der Waals surface area contributed by atoms with Crippen molar-refractivity contribution in [3.05, 3.63) is 12.2 Å². The van der Waals surface area contributed by atoms with Gasteiger partial charge in [0.25, 0.3) is 0 Å². The first-order valence-electron chi connectivity index (χ1n) is 6.08. The van der Waals surface area contributed by atoms with Crippen molar-refractivity contribution >= 4 is 0 Å². The molecule has 2 N–H and O–H groups in total. The molecule has 0 radical (unpaired) electrons. The highest BCUT2D eigenvalue weighted by atomic mass is 14.5. The van der Waals surface area contributed by atoms with Crippen LogP contribution in [0.15, 0.2) is 12.2 Å². The molecule has 0 aliphatic heterocycles. The third-order valence-corrected chi connectivity index (χ3v) is 3.76. The van der Waals surface area contributed by atoms with Crippen LogP contribution < -0.4 is 5.73 Å². The number of hydrogen-bond donors (Lipinski definition) is 1. The zero-order chi connectivity index (χ0) is 10.4. The van der Waals surface area contributed by atoms with Crippen LogP contribution in [0.2, 0.25) is 0 Å². The van der Waals surface area contributed by atoms with E-state index >= 15 is 0 Å². The van der Waals surface area contributed by atoms with Gasteiger partial charge in [0, 0.05) is 0 Å². The van der Waals surface area contributed by atoms with Gasteiger partial charge in [-0.2, -0.15) is 0 Å². The Morgan fingerprint density at radius 2 is 2.14 bits per heavy atom. The molecule has 14 heavy (non-hydrogen) atoms. The summed E-state index contributed by atoms with van der Waals surface area (Å²) in [7, 11) is 0. The molecule has 0 aromatic rings. The molecule has 0 heterocycles. The first-order chi connectivity index (χ1) is 6.73. The van der Waals surface area contributed by atoms with Gasteiger partial charge in [-0.15, -0.1) is 0 Å². The third-order valence-electron chi connectivity index (χ3n) is 3.76. The van der Waals surface area contributed by atoms with Gasteiger partial charge in [-0.1, -0.05) is 32.4 Å². The van der Waals surface area contributed by atoms with E-state index in [9.17, 15) is 0 Å². The average Bonchev–Trinajstić information content (AvgIpc) is 2.84. The minimum Gasteiger partial charge on any atom is -0.330 e. The molecule has 1 fully saturated rings. The number of rotatable bonds is 7. The minimum absolute atomic E-state index is 0.682. The van der Waals surface area contributed by atoms with Crippen molar-refractivity contribution in [2.45, 2.75) is 52.4 Å². The van der Waals surface area contributed by atoms with Crippen LogP contribution in [0.4, 0.5) is 0 Å². The van der Waals surface area contributed by atoms with Crippen LogP contribution in [0.25, 0.3) is 0 Å². The minimum atomic E-state index is 0.682. The Bertz CT molecular complexity index is 186. The number of unbranched alkanes of at least 4 members (excludes halogenated alkanes) is 2. The second-order valence-electron chi connectivity index (χ2n) is 4.90. The SMILES string of the molecule is CC[C@@]1(C)CC1C/C=C/CCCCN. The smallest absolute Gasteiger partial charge is 0.00772 e. The lowest BCUT2D eigenvalue weighted by Crippen LogP contribution is -1.97. The Morgan fingerprint density at radius 3 is 2.71 bits per heavy atom. The molecule has 1 rings (SSSR count). The summed E-state index contributed by atoms with van der Waals surface area (Å²) in [6, 6.07) is 0. The standard InChI is InChI=1S/C13H25N/c1-3-13(2)11-12(13)9-7-5-4-6-8-10-14/h5,7,12H,3-4,6,8-11,14H2,1-2H3/b7-5+/t12?,13-/m0/s1. The first-order valence-corrected chi connectivity index (χ1v) is 6.08. The van der Waals surface area contributed by atoms with E-state index < -0.39 is 0 Å². The van der Waals surface area contributed by atoms with E-state index in [1.807, 2.05) is 0 Å². The quantitative estimate of drug-likeness (QED) is 0.488. The fraction of sp³-hybridized carbons (Fsp3) is 0.846. The molecule has 0 spiro atoms. The van der Waals surface area contributed by atoms with Crippen LogP contribution in [0.5, 0.6) is 0 Å². The molecular formula is C13H25N. The summed E-state index contributed by atoms with van der Waals surface area (Å²) < 4.78 is 0. The Morgan fingerprint density at radius 1 is 1.36 bits per heavy atom. The lowest BCUT2D eigenvalue weighted by molar-refractivity contribution is 0.486. The van der Waals surface area contributed by atoms with Gasteiger partial charge in [-0.3, -0.25) is 0 Å². The maximum absolute atomic E-state index is 5.43. The third kappa shape index (κ3) is 3.45. The summed E-state index contributed by atoms with van der Waals surface area (Å²) >= 11 is 0. The summed E-state index contributed by atoms with van der Waals surface area (Å²) in [5.74, 6) is 0.971. The van der Waals surface area contributed by atoms with E-state index in [2.05, 4.69) is 26.0 Å². The van der Waals surface area contributed by atoms with Crippen molar-refractivity contribution in [3.63, 3.8) is 0 Å². The maximum Gasteiger partial charge on any atom is -0.00772 e. The van der Waals surface area contributed by atoms with Crippen LogP contribution in [-0.2, 0) is 0 Å². The fourth-order valence-electron chi connectivity index (χ4n) is 2.09. The van der Waals surface area contributed by atoms with Gasteiger partial charge in [0.05, 0.1) is 0 Å². The van der Waals surface area contributed by atoms with Crippen molar-refractivity contribution in [1.29, 1.82) is 0 Å². The molecule has 82 valence electrons. The van der Waals surface area contributed by atoms with E-state index in [4.69, 9.17) is 5.73 Å². The van der Waals surface area contributed by atoms with Crippen molar-refractivity contribution < 1.29 is 0 Å². The normalized spacial score (nSPS) is 31.2. The highest BCUT2D eigenvalue weighted by Crippen LogP contribution is 2.56. The van der Waals surface area contributed by atoms with E-state index in [1.54, 1.807) is 0 Å². The van der Waals surface area contributed by atoms with Crippen LogP contribution in [0.1, 0.15) is 52.4 Å². The molecule has 1 unspecified atom stereocenters. The molecule has 0 bridgehead atoms. The van der Waals surface area contributed by atoms with Crippen molar-refractivity contribution in [2.24, 2.45) is 17.1 Å². The molecule has 1 heteroatoms. The Labute approximate surface area is 88.8 Å². The predicted molar refractivity (Wildman–Crippen MR) is 63.2 cm³/mol. The zero-order valence-corrected chi connectivity index (χ0v) is 9.76. The van der Waals surface area contributed by atoms with Gasteiger partial charge in [-0.05, 0) is 50.0 Å². The van der Waals surface area contributed by atoms with Crippen molar-refractivity contribution in [1.82, 2.24) is 0 Å². The van der Waals surface area contributed by atoms with E-state index in [-0.39, 0.29) is 0 Å². The molecule has 0 saturated heterocycles. The molecule has 1 nitrogen and oxygen atoms in total. The highest BCUT2D eigenvalue weighted by molar-refractivity contribution is 5.01. The molecule has 2 atom stereocenters. The van der Waals surface area contributed by atoms with Crippen LogP contribution in [0.3, 0.4) is 0 Å². The van der Waals surface area contributed by atoms with Crippen LogP contribution >= 0.6 is 0 Å². The second-order valence-corrected chi connectivity index (χ2v) is 4.90. The summed E-state index contributed by atoms with van der Waals surface area (Å²) in [5, 5.41) is 0. The summed E-state index contributed by atoms with van der Waals surface area (Å²) in [6.45, 7) is 5.56. The van der Waals surface area contributed by atoms with Gasteiger partial charge in [0.2, 0.25) is 0 Å². The van der Waals surface area contributed by atoms with Gasteiger partial charge < -0.3 is 5.73 Å². The van der Waals surface area contributed by atoms with Crippen LogP contribution in [0, 0.1) is 11.3 Å². The summed E-state index contributed by atoms with van der Waals surface area (Å²) in [6.07, 6.45) is 12.4. The first kappa shape index (κ1) is 11.8. The van der Waals surface area contributed by atoms with E-state index in [0.717, 1.165) is 12.5 Å². The Balaban J connectivity index is 1.99. The monoisotopic (exact) mass is 195 g/mol. The largest absolute Gasteiger partial charge is 0.330 e. The fourth-order valence-corrected chi connectivity index (χ4v) is 2.09. The molecule has 1 saturated carbocycles. The molecule has 0 aromatic carbocycles. The Hall–Kier alpha value is -0.300. The van der Waals surface area contributed by atoms with Gasteiger partial charge in [0.1, 0.15) is 0 Å². The summed E-state index contributed by atoms with van der Waals surface area (Å²) in [5.41, 5.74) is 6.11. The molecule has 1 aliphatic rings. The molecular weight excluding hydrogens is 170 g/mol. The number of allylic oxidation sites excluding steroid dienone is 2. The van der Waals surface area contributed by atoms with Gasteiger partial charge >= 0.3 is 0 Å². The van der Waals surface area contributed by atoms with Crippen molar-refractivity contribution in [3.8, 4) is 0 Å². The molecule has 0 aromatic heterocycles. The molecule has 0 amide bonds. The zero-order valence-electron chi connectivity index (χ0n) is 9.76. The van der Waals surface area contributed by atoms with Gasteiger partial charge in [0.15, 0.2) is 0 Å². The summed E-state index contributed by atoms with van der Waals surface area (Å²) in [4.78, 5) is 0. The molecule has 1 aliphatic carbocycles. The average molecular weight is 195 g/mol. The lowest BCUT2D eigenvalue weighted by Gasteiger charge is -2.04. The van der Waals surface area contributed by atoms with E-state index in [0.29, 0.717) is 5.41 Å². The van der Waals surface area contributed by atoms with E-state index in [1.165, 1.54) is 38.5 Å². The highest BCUT2D eigenvalue weighted by Gasteiger charge is 2.46. The number of hydrogen-bond acceptors (Lipinski definition) is 1. The van der Waals surface area contributed by atoms with Crippen LogP contribution in [-0.4, -0.2) is 6.54 Å². The number of nitrogens with two attached hydrogens (primary N) is 1. The second kappa shape index (κ2) is 5.55. The van der Waals surface area contributed by atoms with Crippen molar-refractivity contribution in [2.75, 3.05) is 6.54 Å². The topological polar surface area (TPSA) is 26.0 Å².